The first-order chi connectivity index (χ1) is 16.9. The molecule has 9 heteroatoms. The highest BCUT2D eigenvalue weighted by atomic mass is 35.5. The summed E-state index contributed by atoms with van der Waals surface area (Å²) in [6, 6.07) is 11.2. The number of urea groups is 1. The molecular formula is C26H28Cl2FN3O3. The van der Waals surface area contributed by atoms with Crippen LogP contribution in [0.25, 0.3) is 0 Å². The first-order valence-corrected chi connectivity index (χ1v) is 12.8. The second kappa shape index (κ2) is 10.4. The average Bonchev–Trinajstić information content (AvgIpc) is 3.31. The Morgan fingerprint density at radius 3 is 2.43 bits per heavy atom. The molecule has 2 aromatic rings. The van der Waals surface area contributed by atoms with E-state index in [9.17, 15) is 14.0 Å². The van der Waals surface area contributed by atoms with E-state index in [1.807, 2.05) is 4.90 Å². The Morgan fingerprint density at radius 2 is 1.71 bits per heavy atom. The summed E-state index contributed by atoms with van der Waals surface area (Å²) >= 11 is 12.1. The van der Waals surface area contributed by atoms with Crippen LogP contribution in [0.3, 0.4) is 0 Å². The molecule has 2 unspecified atom stereocenters. The van der Waals surface area contributed by atoms with Crippen molar-refractivity contribution in [3.8, 4) is 0 Å². The number of imide groups is 1. The first-order valence-electron chi connectivity index (χ1n) is 12.1. The molecule has 3 aliphatic rings. The maximum atomic E-state index is 13.3. The normalized spacial score (nSPS) is 24.4. The van der Waals surface area contributed by atoms with Crippen LogP contribution in [0.2, 0.25) is 10.0 Å². The van der Waals surface area contributed by atoms with Gasteiger partial charge in [-0.1, -0.05) is 35.3 Å². The minimum atomic E-state index is -0.288. The number of hydrogen-bond donors (Lipinski definition) is 0. The average molecular weight is 520 g/mol. The summed E-state index contributed by atoms with van der Waals surface area (Å²) in [5.74, 6) is -0.0252. The van der Waals surface area contributed by atoms with Gasteiger partial charge in [0.1, 0.15) is 5.82 Å². The van der Waals surface area contributed by atoms with Crippen molar-refractivity contribution in [3.05, 3.63) is 63.9 Å². The van der Waals surface area contributed by atoms with Crippen molar-refractivity contribution in [1.29, 1.82) is 0 Å². The van der Waals surface area contributed by atoms with Crippen LogP contribution in [0.4, 0.5) is 14.9 Å². The van der Waals surface area contributed by atoms with Crippen molar-refractivity contribution < 1.29 is 18.7 Å². The second-order valence-electron chi connectivity index (χ2n) is 9.56. The van der Waals surface area contributed by atoms with Gasteiger partial charge in [0.15, 0.2) is 0 Å². The van der Waals surface area contributed by atoms with Gasteiger partial charge in [-0.05, 0) is 61.1 Å². The number of halogens is 3. The number of benzene rings is 2. The number of hydrogen-bond acceptors (Lipinski definition) is 4. The maximum absolute atomic E-state index is 13.3. The third kappa shape index (κ3) is 5.33. The Kier molecular flexibility index (Phi) is 7.30. The van der Waals surface area contributed by atoms with Crippen LogP contribution < -0.4 is 4.90 Å². The number of likely N-dealkylation sites (tertiary alicyclic amines) is 1. The van der Waals surface area contributed by atoms with E-state index >= 15 is 0 Å². The highest BCUT2D eigenvalue weighted by molar-refractivity contribution is 6.42. The second-order valence-corrected chi connectivity index (χ2v) is 10.4. The molecule has 6 nitrogen and oxygen atoms in total. The van der Waals surface area contributed by atoms with E-state index in [0.29, 0.717) is 34.8 Å². The third-order valence-electron chi connectivity index (χ3n) is 7.25. The maximum Gasteiger partial charge on any atom is 0.331 e. The summed E-state index contributed by atoms with van der Waals surface area (Å²) in [6.07, 6.45) is 2.97. The van der Waals surface area contributed by atoms with E-state index in [2.05, 4.69) is 4.90 Å². The van der Waals surface area contributed by atoms with Crippen LogP contribution in [0.15, 0.2) is 42.5 Å². The van der Waals surface area contributed by atoms with Gasteiger partial charge in [-0.3, -0.25) is 4.79 Å². The minimum Gasteiger partial charge on any atom is -0.373 e. The van der Waals surface area contributed by atoms with Gasteiger partial charge in [0.25, 0.3) is 0 Å². The molecule has 0 spiro atoms. The molecule has 0 saturated carbocycles. The van der Waals surface area contributed by atoms with E-state index < -0.39 is 0 Å². The lowest BCUT2D eigenvalue weighted by Gasteiger charge is -2.43. The van der Waals surface area contributed by atoms with E-state index in [-0.39, 0.29) is 36.3 Å². The summed E-state index contributed by atoms with van der Waals surface area (Å²) in [5.41, 5.74) is 1.48. The van der Waals surface area contributed by atoms with Gasteiger partial charge in [0, 0.05) is 38.6 Å². The predicted molar refractivity (Wildman–Crippen MR) is 133 cm³/mol. The molecule has 35 heavy (non-hydrogen) atoms. The van der Waals surface area contributed by atoms with Crippen LogP contribution in [0.5, 0.6) is 0 Å². The van der Waals surface area contributed by atoms with Crippen molar-refractivity contribution >= 4 is 40.8 Å². The van der Waals surface area contributed by atoms with E-state index in [1.54, 1.807) is 30.3 Å². The number of ether oxygens (including phenoxy) is 1. The van der Waals surface area contributed by atoms with Crippen LogP contribution in [0.1, 0.15) is 37.4 Å². The van der Waals surface area contributed by atoms with E-state index in [4.69, 9.17) is 27.9 Å². The molecule has 5 rings (SSSR count). The topological polar surface area (TPSA) is 53.1 Å². The molecule has 0 aromatic heterocycles. The Bertz CT molecular complexity index is 1090. The molecule has 3 saturated heterocycles. The third-order valence-corrected chi connectivity index (χ3v) is 7.99. The summed E-state index contributed by atoms with van der Waals surface area (Å²) in [5, 5.41) is 0.695. The van der Waals surface area contributed by atoms with Crippen molar-refractivity contribution in [3.63, 3.8) is 0 Å². The number of rotatable bonds is 5. The fourth-order valence-electron chi connectivity index (χ4n) is 5.38. The lowest BCUT2D eigenvalue weighted by Crippen LogP contribution is -2.58. The Balaban J connectivity index is 1.15. The fraction of sp³-hybridized carbons (Fsp3) is 0.462. The minimum absolute atomic E-state index is 0.0222. The van der Waals surface area contributed by atoms with Gasteiger partial charge in [0.05, 0.1) is 28.4 Å². The number of piperidine rings is 1. The molecule has 3 fully saturated rings. The SMILES string of the molecule is O=C1CCN(C2CCN(CC3COC(c4ccc(F)cc4)C3)CC2)C(=O)N1c1ccc(Cl)c(Cl)c1. The molecule has 3 aliphatic heterocycles. The van der Waals surface area contributed by atoms with Gasteiger partial charge in [-0.15, -0.1) is 0 Å². The molecule has 0 aliphatic carbocycles. The molecule has 2 aromatic carbocycles. The monoisotopic (exact) mass is 519 g/mol. The molecule has 186 valence electrons. The van der Waals surface area contributed by atoms with Crippen LogP contribution >= 0.6 is 23.2 Å². The van der Waals surface area contributed by atoms with E-state index in [0.717, 1.165) is 44.5 Å². The van der Waals surface area contributed by atoms with Gasteiger partial charge in [-0.2, -0.15) is 0 Å². The number of amides is 3. The van der Waals surface area contributed by atoms with Gasteiger partial charge >= 0.3 is 6.03 Å². The van der Waals surface area contributed by atoms with Gasteiger partial charge < -0.3 is 14.5 Å². The quantitative estimate of drug-likeness (QED) is 0.520. The number of anilines is 1. The first kappa shape index (κ1) is 24.5. The zero-order chi connectivity index (χ0) is 24.5. The summed E-state index contributed by atoms with van der Waals surface area (Å²) in [6.45, 7) is 3.88. The summed E-state index contributed by atoms with van der Waals surface area (Å²) in [4.78, 5) is 31.4. The Labute approximate surface area is 214 Å². The van der Waals surface area contributed by atoms with Gasteiger partial charge in [-0.25, -0.2) is 14.1 Å². The van der Waals surface area contributed by atoms with Crippen LogP contribution in [-0.4, -0.2) is 60.6 Å². The zero-order valence-electron chi connectivity index (χ0n) is 19.3. The smallest absolute Gasteiger partial charge is 0.331 e. The number of carbonyl (C=O) groups is 2. The van der Waals surface area contributed by atoms with Crippen LogP contribution in [-0.2, 0) is 9.53 Å². The number of carbonyl (C=O) groups excluding carboxylic acids is 2. The molecule has 0 bridgehead atoms. The zero-order valence-corrected chi connectivity index (χ0v) is 20.8. The molecule has 0 radical (unpaired) electrons. The van der Waals surface area contributed by atoms with Crippen molar-refractivity contribution in [2.75, 3.05) is 37.7 Å². The number of nitrogens with zero attached hydrogens (tertiary/aromatic N) is 3. The fourth-order valence-corrected chi connectivity index (χ4v) is 5.68. The Hall–Kier alpha value is -2.19. The molecule has 2 atom stereocenters. The van der Waals surface area contributed by atoms with Gasteiger partial charge in [0.2, 0.25) is 5.91 Å². The van der Waals surface area contributed by atoms with Crippen LogP contribution in [0, 0.1) is 11.7 Å². The predicted octanol–water partition coefficient (Wildman–Crippen LogP) is 5.53. The molecule has 3 heterocycles. The lowest BCUT2D eigenvalue weighted by atomic mass is 9.97. The molecular weight excluding hydrogens is 492 g/mol. The lowest BCUT2D eigenvalue weighted by molar-refractivity contribution is -0.119. The standard InChI is InChI=1S/C26H28Cl2FN3O3/c27-22-6-5-21(14-23(22)28)32-25(33)9-12-31(26(32)34)20-7-10-30(11-8-20)15-17-13-24(35-16-17)18-1-3-19(29)4-2-18/h1-6,14,17,20,24H,7-13,15-16H2. The molecule has 0 N–H and O–H groups in total. The summed E-state index contributed by atoms with van der Waals surface area (Å²) in [7, 11) is 0. The highest BCUT2D eigenvalue weighted by Crippen LogP contribution is 2.34. The van der Waals surface area contributed by atoms with Crippen molar-refractivity contribution in [2.45, 2.75) is 37.8 Å². The highest BCUT2D eigenvalue weighted by Gasteiger charge is 2.38. The van der Waals surface area contributed by atoms with Crippen molar-refractivity contribution in [1.82, 2.24) is 9.80 Å². The Morgan fingerprint density at radius 1 is 0.971 bits per heavy atom. The van der Waals surface area contributed by atoms with E-state index in [1.165, 1.54) is 17.0 Å². The summed E-state index contributed by atoms with van der Waals surface area (Å²) < 4.78 is 19.2. The van der Waals surface area contributed by atoms with Crippen molar-refractivity contribution in [2.24, 2.45) is 5.92 Å². The molecule has 3 amide bonds. The largest absolute Gasteiger partial charge is 0.373 e.